The number of ether oxygens (including phenoxy) is 2. The molecule has 0 saturated carbocycles. The van der Waals surface area contributed by atoms with E-state index in [1.807, 2.05) is 13.8 Å². The molecule has 12 heavy (non-hydrogen) atoms. The predicted molar refractivity (Wildman–Crippen MR) is 43.5 cm³/mol. The summed E-state index contributed by atoms with van der Waals surface area (Å²) in [6.45, 7) is 5.32. The van der Waals surface area contributed by atoms with Crippen LogP contribution in [0.3, 0.4) is 0 Å². The minimum absolute atomic E-state index is 0.306. The molecule has 0 unspecified atom stereocenters. The molecular formula is C6H14O5S. The predicted octanol–water partition coefficient (Wildman–Crippen LogP) is 0.273. The summed E-state index contributed by atoms with van der Waals surface area (Å²) in [6, 6.07) is 0. The second kappa shape index (κ2) is 4.18. The van der Waals surface area contributed by atoms with Gasteiger partial charge in [0.1, 0.15) is 0 Å². The van der Waals surface area contributed by atoms with Crippen LogP contribution in [0.4, 0.5) is 0 Å². The molecule has 1 aliphatic rings. The molecule has 0 amide bonds. The summed E-state index contributed by atoms with van der Waals surface area (Å²) in [7, 11) is -3.67. The van der Waals surface area contributed by atoms with E-state index in [-0.39, 0.29) is 5.79 Å². The lowest BCUT2D eigenvalue weighted by Crippen LogP contribution is -2.18. The van der Waals surface area contributed by atoms with Crippen molar-refractivity contribution >= 4 is 10.1 Å². The second-order valence-electron chi connectivity index (χ2n) is 2.83. The lowest BCUT2D eigenvalue weighted by atomic mass is 10.4. The van der Waals surface area contributed by atoms with Crippen LogP contribution >= 0.6 is 0 Å². The van der Waals surface area contributed by atoms with E-state index in [1.54, 1.807) is 0 Å². The van der Waals surface area contributed by atoms with E-state index in [9.17, 15) is 8.42 Å². The van der Waals surface area contributed by atoms with Gasteiger partial charge in [-0.05, 0) is 13.8 Å². The highest BCUT2D eigenvalue weighted by molar-refractivity contribution is 7.85. The van der Waals surface area contributed by atoms with Crippen LogP contribution in [0.15, 0.2) is 0 Å². The SMILES string of the molecule is CC1(C)OCCO1.CS(=O)(=O)O. The maximum Gasteiger partial charge on any atom is 0.261 e. The summed E-state index contributed by atoms with van der Waals surface area (Å²) in [6.07, 6.45) is 0.715. The van der Waals surface area contributed by atoms with Crippen molar-refractivity contribution in [1.82, 2.24) is 0 Å². The fraction of sp³-hybridized carbons (Fsp3) is 1.00. The molecule has 1 rings (SSSR count). The van der Waals surface area contributed by atoms with Crippen LogP contribution in [0.2, 0.25) is 0 Å². The van der Waals surface area contributed by atoms with Crippen molar-refractivity contribution in [1.29, 1.82) is 0 Å². The zero-order valence-corrected chi connectivity index (χ0v) is 8.22. The molecule has 0 aromatic carbocycles. The monoisotopic (exact) mass is 198 g/mol. The summed E-state index contributed by atoms with van der Waals surface area (Å²) in [5, 5.41) is 0. The highest BCUT2D eigenvalue weighted by Gasteiger charge is 2.23. The molecule has 6 heteroatoms. The van der Waals surface area contributed by atoms with Gasteiger partial charge < -0.3 is 9.47 Å². The van der Waals surface area contributed by atoms with Gasteiger partial charge in [-0.25, -0.2) is 0 Å². The Bertz CT molecular complexity index is 202. The summed E-state index contributed by atoms with van der Waals surface area (Å²) < 4.78 is 36.1. The standard InChI is InChI=1S/C5H10O2.CH4O3S/c1-5(2)6-3-4-7-5;1-5(2,3)4/h3-4H2,1-2H3;1H3,(H,2,3,4). The zero-order chi connectivity index (χ0) is 9.83. The first-order valence-corrected chi connectivity index (χ1v) is 5.26. The van der Waals surface area contributed by atoms with Crippen LogP contribution < -0.4 is 0 Å². The average Bonchev–Trinajstić information content (AvgIpc) is 2.08. The van der Waals surface area contributed by atoms with Gasteiger partial charge in [0.2, 0.25) is 0 Å². The maximum atomic E-state index is 9.19. The van der Waals surface area contributed by atoms with Gasteiger partial charge in [-0.3, -0.25) is 4.55 Å². The Morgan fingerprint density at radius 3 is 1.58 bits per heavy atom. The van der Waals surface area contributed by atoms with Crippen molar-refractivity contribution in [3.8, 4) is 0 Å². The molecule has 0 aromatic heterocycles. The van der Waals surface area contributed by atoms with Crippen LogP contribution in [0, 0.1) is 0 Å². The smallest absolute Gasteiger partial charge is 0.261 e. The normalized spacial score (nSPS) is 21.3. The van der Waals surface area contributed by atoms with Crippen LogP contribution in [0.5, 0.6) is 0 Å². The Morgan fingerprint density at radius 2 is 1.50 bits per heavy atom. The third-order valence-electron chi connectivity index (χ3n) is 0.983. The van der Waals surface area contributed by atoms with Gasteiger partial charge in [-0.2, -0.15) is 8.42 Å². The lowest BCUT2D eigenvalue weighted by molar-refractivity contribution is -0.125. The number of hydrogen-bond acceptors (Lipinski definition) is 4. The fourth-order valence-corrected chi connectivity index (χ4v) is 0.617. The molecular weight excluding hydrogens is 184 g/mol. The third kappa shape index (κ3) is 9.83. The summed E-state index contributed by atoms with van der Waals surface area (Å²) in [4.78, 5) is 0. The van der Waals surface area contributed by atoms with Crippen molar-refractivity contribution in [2.45, 2.75) is 19.6 Å². The molecule has 5 nitrogen and oxygen atoms in total. The van der Waals surface area contributed by atoms with Gasteiger partial charge in [0, 0.05) is 0 Å². The maximum absolute atomic E-state index is 9.19. The van der Waals surface area contributed by atoms with Gasteiger partial charge in [0.05, 0.1) is 19.5 Å². The first-order valence-electron chi connectivity index (χ1n) is 3.41. The van der Waals surface area contributed by atoms with Crippen molar-refractivity contribution in [2.24, 2.45) is 0 Å². The van der Waals surface area contributed by atoms with Crippen LogP contribution in [0.1, 0.15) is 13.8 Å². The molecule has 0 spiro atoms. The Labute approximate surface area is 72.4 Å². The molecule has 1 fully saturated rings. The van der Waals surface area contributed by atoms with E-state index in [2.05, 4.69) is 0 Å². The molecule has 0 bridgehead atoms. The van der Waals surface area contributed by atoms with Gasteiger partial charge in [-0.1, -0.05) is 0 Å². The Kier molecular flexibility index (Phi) is 4.12. The molecule has 1 N–H and O–H groups in total. The van der Waals surface area contributed by atoms with Gasteiger partial charge in [-0.15, -0.1) is 0 Å². The summed E-state index contributed by atoms with van der Waals surface area (Å²) in [5.41, 5.74) is 0. The number of rotatable bonds is 0. The Morgan fingerprint density at radius 1 is 1.25 bits per heavy atom. The molecule has 1 saturated heterocycles. The molecule has 0 aromatic rings. The van der Waals surface area contributed by atoms with Gasteiger partial charge >= 0.3 is 0 Å². The molecule has 0 aliphatic carbocycles. The quantitative estimate of drug-likeness (QED) is 0.566. The van der Waals surface area contributed by atoms with Crippen LogP contribution in [-0.4, -0.2) is 38.2 Å². The average molecular weight is 198 g/mol. The van der Waals surface area contributed by atoms with Crippen molar-refractivity contribution < 1.29 is 22.4 Å². The van der Waals surface area contributed by atoms with Gasteiger partial charge in [0.15, 0.2) is 5.79 Å². The zero-order valence-electron chi connectivity index (χ0n) is 7.40. The van der Waals surface area contributed by atoms with Crippen LogP contribution in [-0.2, 0) is 19.6 Å². The summed E-state index contributed by atoms with van der Waals surface area (Å²) in [5.74, 6) is -0.306. The highest BCUT2D eigenvalue weighted by atomic mass is 32.2. The topological polar surface area (TPSA) is 72.8 Å². The largest absolute Gasteiger partial charge is 0.348 e. The lowest BCUT2D eigenvalue weighted by Gasteiger charge is -2.13. The van der Waals surface area contributed by atoms with E-state index in [4.69, 9.17) is 14.0 Å². The first-order chi connectivity index (χ1) is 5.21. The fourth-order valence-electron chi connectivity index (χ4n) is 0.617. The van der Waals surface area contributed by atoms with E-state index in [1.165, 1.54) is 0 Å². The minimum atomic E-state index is -3.67. The third-order valence-corrected chi connectivity index (χ3v) is 0.983. The second-order valence-corrected chi connectivity index (χ2v) is 4.30. The van der Waals surface area contributed by atoms with Crippen molar-refractivity contribution in [3.05, 3.63) is 0 Å². The van der Waals surface area contributed by atoms with E-state index in [0.29, 0.717) is 6.26 Å². The van der Waals surface area contributed by atoms with E-state index in [0.717, 1.165) is 13.2 Å². The minimum Gasteiger partial charge on any atom is -0.348 e. The molecule has 74 valence electrons. The van der Waals surface area contributed by atoms with Crippen molar-refractivity contribution in [3.63, 3.8) is 0 Å². The van der Waals surface area contributed by atoms with Gasteiger partial charge in [0.25, 0.3) is 10.1 Å². The molecule has 1 heterocycles. The molecule has 0 radical (unpaired) electrons. The summed E-state index contributed by atoms with van der Waals surface area (Å²) >= 11 is 0. The number of hydrogen-bond donors (Lipinski definition) is 1. The van der Waals surface area contributed by atoms with E-state index >= 15 is 0 Å². The molecule has 0 atom stereocenters. The van der Waals surface area contributed by atoms with Crippen molar-refractivity contribution in [2.75, 3.05) is 19.5 Å². The molecule has 1 aliphatic heterocycles. The Balaban J connectivity index is 0.000000217. The first kappa shape index (κ1) is 11.8. The highest BCUT2D eigenvalue weighted by Crippen LogP contribution is 2.15. The Hall–Kier alpha value is -0.170. The van der Waals surface area contributed by atoms with E-state index < -0.39 is 10.1 Å². The van der Waals surface area contributed by atoms with Crippen LogP contribution in [0.25, 0.3) is 0 Å².